The smallest absolute Gasteiger partial charge is 0.264 e. The molecule has 1 aliphatic rings. The number of anilines is 1. The zero-order valence-corrected chi connectivity index (χ0v) is 27.9. The van der Waals surface area contributed by atoms with Crippen LogP contribution < -0.4 is 9.62 Å². The Bertz CT molecular complexity index is 1760. The monoisotopic (exact) mass is 677 g/mol. The first kappa shape index (κ1) is 33.5. The predicted octanol–water partition coefficient (Wildman–Crippen LogP) is 7.20. The van der Waals surface area contributed by atoms with Crippen molar-refractivity contribution < 1.29 is 18.0 Å². The van der Waals surface area contributed by atoms with Crippen molar-refractivity contribution in [1.29, 1.82) is 0 Å². The molecule has 0 heterocycles. The standard InChI is InChI=1S/C36H37Cl2N3O4S/c1-26-12-8-11-19-33(26)41(46(44,45)31-17-6-3-7-18-31)25-35(42)40(24-28-20-21-29(37)23-32(28)38)34(22-27-13-4-2-5-14-27)36(43)39-30-15-9-10-16-30/h2-8,11-14,17-21,23,30,34H,9-10,15-16,22,24-25H2,1H3,(H,39,43). The molecule has 240 valence electrons. The topological polar surface area (TPSA) is 86.8 Å². The molecular weight excluding hydrogens is 641 g/mol. The number of nitrogens with zero attached hydrogens (tertiary/aromatic N) is 2. The van der Waals surface area contributed by atoms with E-state index in [4.69, 9.17) is 23.2 Å². The van der Waals surface area contributed by atoms with Crippen LogP contribution in [-0.2, 0) is 32.6 Å². The second kappa shape index (κ2) is 15.2. The lowest BCUT2D eigenvalue weighted by atomic mass is 10.0. The number of rotatable bonds is 12. The molecule has 2 amide bonds. The summed E-state index contributed by atoms with van der Waals surface area (Å²) in [7, 11) is -4.17. The number of benzene rings is 4. The largest absolute Gasteiger partial charge is 0.352 e. The van der Waals surface area contributed by atoms with Crippen LogP contribution in [0.15, 0.2) is 108 Å². The molecule has 0 aromatic heterocycles. The van der Waals surface area contributed by atoms with Crippen LogP contribution in [0.3, 0.4) is 0 Å². The van der Waals surface area contributed by atoms with Gasteiger partial charge in [0.25, 0.3) is 10.0 Å². The van der Waals surface area contributed by atoms with Crippen LogP contribution in [-0.4, -0.2) is 43.8 Å². The van der Waals surface area contributed by atoms with E-state index in [0.29, 0.717) is 26.9 Å². The summed E-state index contributed by atoms with van der Waals surface area (Å²) >= 11 is 12.8. The molecule has 0 bridgehead atoms. The molecule has 7 nitrogen and oxygen atoms in total. The lowest BCUT2D eigenvalue weighted by Gasteiger charge is -2.34. The number of carbonyl (C=O) groups is 2. The Morgan fingerprint density at radius 1 is 0.870 bits per heavy atom. The van der Waals surface area contributed by atoms with Crippen molar-refractivity contribution in [2.75, 3.05) is 10.8 Å². The zero-order chi connectivity index (χ0) is 32.7. The quantitative estimate of drug-likeness (QED) is 0.172. The molecule has 1 fully saturated rings. The van der Waals surface area contributed by atoms with E-state index in [-0.39, 0.29) is 29.8 Å². The molecule has 0 spiro atoms. The molecule has 0 radical (unpaired) electrons. The van der Waals surface area contributed by atoms with Gasteiger partial charge in [0.15, 0.2) is 0 Å². The van der Waals surface area contributed by atoms with Gasteiger partial charge in [-0.05, 0) is 66.8 Å². The molecule has 1 atom stereocenters. The third-order valence-corrected chi connectivity index (χ3v) is 10.7. The summed E-state index contributed by atoms with van der Waals surface area (Å²) in [5.41, 5.74) is 2.50. The number of amides is 2. The van der Waals surface area contributed by atoms with Crippen LogP contribution in [0, 0.1) is 6.92 Å². The highest BCUT2D eigenvalue weighted by atomic mass is 35.5. The van der Waals surface area contributed by atoms with Crippen molar-refractivity contribution in [2.45, 2.75) is 62.6 Å². The van der Waals surface area contributed by atoms with Gasteiger partial charge in [0.2, 0.25) is 11.8 Å². The predicted molar refractivity (Wildman–Crippen MR) is 183 cm³/mol. The second-order valence-electron chi connectivity index (χ2n) is 11.6. The third-order valence-electron chi connectivity index (χ3n) is 8.32. The molecule has 1 N–H and O–H groups in total. The Morgan fingerprint density at radius 2 is 1.50 bits per heavy atom. The molecule has 0 saturated heterocycles. The van der Waals surface area contributed by atoms with E-state index in [0.717, 1.165) is 35.6 Å². The second-order valence-corrected chi connectivity index (χ2v) is 14.3. The van der Waals surface area contributed by atoms with E-state index in [1.165, 1.54) is 17.0 Å². The highest BCUT2D eigenvalue weighted by molar-refractivity contribution is 7.92. The number of nitrogens with one attached hydrogen (secondary N) is 1. The average Bonchev–Trinajstić information content (AvgIpc) is 3.56. The van der Waals surface area contributed by atoms with Gasteiger partial charge >= 0.3 is 0 Å². The van der Waals surface area contributed by atoms with Crippen molar-refractivity contribution in [1.82, 2.24) is 10.2 Å². The molecule has 4 aromatic rings. The SMILES string of the molecule is Cc1ccccc1N(CC(=O)N(Cc1ccc(Cl)cc1Cl)C(Cc1ccccc1)C(=O)NC1CCCC1)S(=O)(=O)c1ccccc1. The summed E-state index contributed by atoms with van der Waals surface area (Å²) in [6, 6.07) is 28.6. The fraction of sp³-hybridized carbons (Fsp3) is 0.278. The van der Waals surface area contributed by atoms with Gasteiger partial charge in [-0.2, -0.15) is 0 Å². The Morgan fingerprint density at radius 3 is 2.15 bits per heavy atom. The van der Waals surface area contributed by atoms with Gasteiger partial charge < -0.3 is 10.2 Å². The van der Waals surface area contributed by atoms with Gasteiger partial charge in [0.1, 0.15) is 12.6 Å². The van der Waals surface area contributed by atoms with Crippen molar-refractivity contribution in [3.05, 3.63) is 130 Å². The highest BCUT2D eigenvalue weighted by Crippen LogP contribution is 2.29. The Labute approximate surface area is 281 Å². The van der Waals surface area contributed by atoms with E-state index >= 15 is 0 Å². The maximum absolute atomic E-state index is 14.6. The van der Waals surface area contributed by atoms with E-state index in [1.807, 2.05) is 36.4 Å². The first-order valence-corrected chi connectivity index (χ1v) is 17.5. The first-order valence-electron chi connectivity index (χ1n) is 15.3. The minimum atomic E-state index is -4.17. The zero-order valence-electron chi connectivity index (χ0n) is 25.6. The summed E-state index contributed by atoms with van der Waals surface area (Å²) < 4.78 is 29.4. The number of aryl methyl sites for hydroxylation is 1. The maximum Gasteiger partial charge on any atom is 0.264 e. The third kappa shape index (κ3) is 8.10. The van der Waals surface area contributed by atoms with Crippen LogP contribution in [0.4, 0.5) is 5.69 Å². The first-order chi connectivity index (χ1) is 22.1. The number of carbonyl (C=O) groups excluding carboxylic acids is 2. The van der Waals surface area contributed by atoms with Gasteiger partial charge in [0.05, 0.1) is 10.6 Å². The van der Waals surface area contributed by atoms with E-state index in [1.54, 1.807) is 61.5 Å². The summed E-state index contributed by atoms with van der Waals surface area (Å²) in [6.07, 6.45) is 4.03. The fourth-order valence-corrected chi connectivity index (χ4v) is 7.80. The Balaban J connectivity index is 1.58. The number of hydrogen-bond donors (Lipinski definition) is 1. The average molecular weight is 679 g/mol. The highest BCUT2D eigenvalue weighted by Gasteiger charge is 2.36. The molecule has 1 aliphatic carbocycles. The molecule has 1 saturated carbocycles. The van der Waals surface area contributed by atoms with Crippen LogP contribution in [0.1, 0.15) is 42.4 Å². The van der Waals surface area contributed by atoms with Crippen LogP contribution >= 0.6 is 23.2 Å². The molecule has 1 unspecified atom stereocenters. The molecular formula is C36H37Cl2N3O4S. The Hall–Kier alpha value is -3.85. The van der Waals surface area contributed by atoms with Crippen LogP contribution in [0.25, 0.3) is 0 Å². The van der Waals surface area contributed by atoms with Gasteiger partial charge in [0, 0.05) is 29.1 Å². The molecule has 10 heteroatoms. The van der Waals surface area contributed by atoms with Crippen molar-refractivity contribution in [3.8, 4) is 0 Å². The van der Waals surface area contributed by atoms with Crippen molar-refractivity contribution in [2.24, 2.45) is 0 Å². The van der Waals surface area contributed by atoms with Gasteiger partial charge in [-0.15, -0.1) is 0 Å². The summed E-state index contributed by atoms with van der Waals surface area (Å²) in [4.78, 5) is 30.3. The number of para-hydroxylation sites is 1. The van der Waals surface area contributed by atoms with E-state index in [9.17, 15) is 18.0 Å². The van der Waals surface area contributed by atoms with E-state index < -0.39 is 28.5 Å². The van der Waals surface area contributed by atoms with Crippen molar-refractivity contribution in [3.63, 3.8) is 0 Å². The lowest BCUT2D eigenvalue weighted by Crippen LogP contribution is -2.54. The van der Waals surface area contributed by atoms with Gasteiger partial charge in [-0.25, -0.2) is 8.42 Å². The van der Waals surface area contributed by atoms with Gasteiger partial charge in [-0.3, -0.25) is 13.9 Å². The lowest BCUT2D eigenvalue weighted by molar-refractivity contribution is -0.140. The minimum absolute atomic E-state index is 0.0174. The van der Waals surface area contributed by atoms with Crippen LogP contribution in [0.2, 0.25) is 10.0 Å². The number of halogens is 2. The molecule has 5 rings (SSSR count). The maximum atomic E-state index is 14.6. The fourth-order valence-electron chi connectivity index (χ4n) is 5.83. The van der Waals surface area contributed by atoms with Crippen molar-refractivity contribution >= 4 is 50.7 Å². The normalized spacial score (nSPS) is 14.1. The number of hydrogen-bond acceptors (Lipinski definition) is 4. The molecule has 0 aliphatic heterocycles. The summed E-state index contributed by atoms with van der Waals surface area (Å²) in [6.45, 7) is 1.23. The molecule has 4 aromatic carbocycles. The Kier molecular flexibility index (Phi) is 11.0. The number of sulfonamides is 1. The van der Waals surface area contributed by atoms with Gasteiger partial charge in [-0.1, -0.05) is 109 Å². The summed E-state index contributed by atoms with van der Waals surface area (Å²) in [5, 5.41) is 3.95. The van der Waals surface area contributed by atoms with E-state index in [2.05, 4.69) is 5.32 Å². The summed E-state index contributed by atoms with van der Waals surface area (Å²) in [5.74, 6) is -0.834. The van der Waals surface area contributed by atoms with Crippen LogP contribution in [0.5, 0.6) is 0 Å². The molecule has 46 heavy (non-hydrogen) atoms. The minimum Gasteiger partial charge on any atom is -0.352 e.